The summed E-state index contributed by atoms with van der Waals surface area (Å²) in [5, 5.41) is 16.4. The zero-order valence-electron chi connectivity index (χ0n) is 12.8. The molecule has 0 amide bonds. The fraction of sp³-hybridized carbons (Fsp3) is 0.0588. The smallest absolute Gasteiger partial charge is 0.240 e. The van der Waals surface area contributed by atoms with E-state index in [1.165, 1.54) is 12.1 Å². The van der Waals surface area contributed by atoms with Crippen molar-refractivity contribution in [1.82, 2.24) is 25.2 Å². The van der Waals surface area contributed by atoms with Gasteiger partial charge in [0.05, 0.1) is 10.5 Å². The molecule has 0 fully saturated rings. The molecule has 0 radical (unpaired) electrons. The molecule has 0 N–H and O–H groups in total. The normalized spacial score (nSPS) is 11.6. The lowest BCUT2D eigenvalue weighted by atomic mass is 10.2. The highest BCUT2D eigenvalue weighted by Gasteiger charge is 2.09. The maximum Gasteiger partial charge on any atom is 0.240 e. The Morgan fingerprint density at radius 1 is 1.08 bits per heavy atom. The van der Waals surface area contributed by atoms with E-state index in [-0.39, 0.29) is 5.82 Å². The number of nitrogens with zero attached hydrogens (tertiary/aromatic N) is 5. The highest BCUT2D eigenvalue weighted by atomic mass is 35.5. The van der Waals surface area contributed by atoms with Gasteiger partial charge in [0, 0.05) is 6.08 Å². The van der Waals surface area contributed by atoms with Gasteiger partial charge in [-0.3, -0.25) is 0 Å². The maximum atomic E-state index is 13.0. The van der Waals surface area contributed by atoms with Gasteiger partial charge in [0.25, 0.3) is 0 Å². The molecule has 8 heteroatoms. The minimum absolute atomic E-state index is 0.310. The lowest BCUT2D eigenvalue weighted by Crippen LogP contribution is -2.02. The molecule has 0 spiro atoms. The summed E-state index contributed by atoms with van der Waals surface area (Å²) in [6.45, 7) is 0.318. The van der Waals surface area contributed by atoms with E-state index in [1.54, 1.807) is 22.9 Å². The molecule has 0 aliphatic carbocycles. The van der Waals surface area contributed by atoms with E-state index in [2.05, 4.69) is 20.5 Å². The van der Waals surface area contributed by atoms with E-state index in [0.717, 1.165) is 11.0 Å². The van der Waals surface area contributed by atoms with E-state index in [4.69, 9.17) is 16.0 Å². The number of para-hydroxylation sites is 1. The predicted octanol–water partition coefficient (Wildman–Crippen LogP) is 3.83. The van der Waals surface area contributed by atoms with E-state index in [0.29, 0.717) is 28.9 Å². The number of hydrogen-bond acceptors (Lipinski definition) is 5. The van der Waals surface area contributed by atoms with Gasteiger partial charge in [0.2, 0.25) is 11.8 Å². The van der Waals surface area contributed by atoms with Crippen LogP contribution < -0.4 is 0 Å². The Morgan fingerprint density at radius 2 is 1.96 bits per heavy atom. The van der Waals surface area contributed by atoms with E-state index >= 15 is 0 Å². The Kier molecular flexibility index (Phi) is 3.99. The van der Waals surface area contributed by atoms with Gasteiger partial charge in [-0.25, -0.2) is 9.07 Å². The first-order valence-electron chi connectivity index (χ1n) is 7.43. The van der Waals surface area contributed by atoms with Crippen LogP contribution in [-0.4, -0.2) is 25.2 Å². The van der Waals surface area contributed by atoms with Crippen molar-refractivity contribution in [3.63, 3.8) is 0 Å². The summed E-state index contributed by atoms with van der Waals surface area (Å²) in [6.07, 6.45) is 3.30. The van der Waals surface area contributed by atoms with Crippen LogP contribution in [0.15, 0.2) is 46.9 Å². The van der Waals surface area contributed by atoms with Gasteiger partial charge >= 0.3 is 0 Å². The number of fused-ring (bicyclic) bond motifs is 1. The van der Waals surface area contributed by atoms with E-state index in [9.17, 15) is 4.39 Å². The van der Waals surface area contributed by atoms with Crippen molar-refractivity contribution in [2.75, 3.05) is 0 Å². The van der Waals surface area contributed by atoms with Crippen LogP contribution in [0.3, 0.4) is 0 Å². The molecule has 0 saturated carbocycles. The van der Waals surface area contributed by atoms with Crippen LogP contribution in [0.4, 0.5) is 4.39 Å². The molecule has 0 aliphatic rings. The second-order valence-electron chi connectivity index (χ2n) is 5.27. The Bertz CT molecular complexity index is 1070. The molecule has 2 aromatic carbocycles. The van der Waals surface area contributed by atoms with Crippen LogP contribution in [0.5, 0.6) is 0 Å². The molecule has 124 valence electrons. The third-order valence-electron chi connectivity index (χ3n) is 3.56. The zero-order valence-corrected chi connectivity index (χ0v) is 13.6. The van der Waals surface area contributed by atoms with Gasteiger partial charge in [0.15, 0.2) is 0 Å². The van der Waals surface area contributed by atoms with Crippen LogP contribution >= 0.6 is 11.6 Å². The SMILES string of the molecule is Fc1ccc(C=Cc2nnc(Cn3nnc4ccccc43)o2)c(Cl)c1. The highest BCUT2D eigenvalue weighted by molar-refractivity contribution is 6.32. The Labute approximate surface area is 146 Å². The molecule has 4 aromatic rings. The fourth-order valence-electron chi connectivity index (χ4n) is 2.36. The molecule has 0 bridgehead atoms. The molecule has 2 aromatic heterocycles. The summed E-state index contributed by atoms with van der Waals surface area (Å²) in [5.41, 5.74) is 2.34. The quantitative estimate of drug-likeness (QED) is 0.556. The molecule has 4 rings (SSSR count). The summed E-state index contributed by atoms with van der Waals surface area (Å²) in [5.74, 6) is 0.336. The Balaban J connectivity index is 1.53. The van der Waals surface area contributed by atoms with Crippen LogP contribution in [0.2, 0.25) is 5.02 Å². The topological polar surface area (TPSA) is 69.6 Å². The van der Waals surface area contributed by atoms with Gasteiger partial charge in [-0.2, -0.15) is 0 Å². The average Bonchev–Trinajstić information content (AvgIpc) is 3.22. The molecule has 25 heavy (non-hydrogen) atoms. The minimum Gasteiger partial charge on any atom is -0.419 e. The number of halogens is 2. The summed E-state index contributed by atoms with van der Waals surface area (Å²) < 4.78 is 20.3. The highest BCUT2D eigenvalue weighted by Crippen LogP contribution is 2.20. The number of benzene rings is 2. The van der Waals surface area contributed by atoms with Crippen LogP contribution in [0.25, 0.3) is 23.2 Å². The largest absolute Gasteiger partial charge is 0.419 e. The Hall–Kier alpha value is -3.06. The molecule has 0 unspecified atom stereocenters. The summed E-state index contributed by atoms with van der Waals surface area (Å²) in [6, 6.07) is 11.8. The lowest BCUT2D eigenvalue weighted by molar-refractivity contribution is 0.458. The van der Waals surface area contributed by atoms with Crippen LogP contribution in [0.1, 0.15) is 17.3 Å². The van der Waals surface area contributed by atoms with Gasteiger partial charge in [0.1, 0.15) is 17.9 Å². The third-order valence-corrected chi connectivity index (χ3v) is 3.88. The van der Waals surface area contributed by atoms with Crippen molar-refractivity contribution in [3.05, 3.63) is 70.6 Å². The monoisotopic (exact) mass is 355 g/mol. The summed E-state index contributed by atoms with van der Waals surface area (Å²) in [7, 11) is 0. The summed E-state index contributed by atoms with van der Waals surface area (Å²) in [4.78, 5) is 0. The first-order chi connectivity index (χ1) is 12.2. The third kappa shape index (κ3) is 3.27. The van der Waals surface area contributed by atoms with Crippen molar-refractivity contribution in [2.45, 2.75) is 6.54 Å². The van der Waals surface area contributed by atoms with Crippen molar-refractivity contribution >= 4 is 34.8 Å². The molecular weight excluding hydrogens is 345 g/mol. The standard InChI is InChI=1S/C17H11ClFN5O/c18-13-9-12(19)7-5-11(13)6-8-16-21-22-17(25-16)10-24-15-4-2-1-3-14(15)20-23-24/h1-9H,10H2. The van der Waals surface area contributed by atoms with Gasteiger partial charge in [-0.05, 0) is 35.9 Å². The first-order valence-corrected chi connectivity index (χ1v) is 7.80. The molecule has 0 atom stereocenters. The van der Waals surface area contributed by atoms with Gasteiger partial charge in [-0.1, -0.05) is 35.0 Å². The van der Waals surface area contributed by atoms with Crippen molar-refractivity contribution in [1.29, 1.82) is 0 Å². The number of rotatable bonds is 4. The lowest BCUT2D eigenvalue weighted by Gasteiger charge is -1.97. The van der Waals surface area contributed by atoms with Crippen molar-refractivity contribution in [3.8, 4) is 0 Å². The number of aromatic nitrogens is 5. The number of hydrogen-bond donors (Lipinski definition) is 0. The van der Waals surface area contributed by atoms with E-state index in [1.807, 2.05) is 24.3 Å². The molecule has 2 heterocycles. The molecular formula is C17H11ClFN5O. The van der Waals surface area contributed by atoms with Gasteiger partial charge < -0.3 is 4.42 Å². The zero-order chi connectivity index (χ0) is 17.2. The average molecular weight is 356 g/mol. The Morgan fingerprint density at radius 3 is 2.84 bits per heavy atom. The molecule has 0 aliphatic heterocycles. The van der Waals surface area contributed by atoms with E-state index < -0.39 is 0 Å². The maximum absolute atomic E-state index is 13.0. The summed E-state index contributed by atoms with van der Waals surface area (Å²) >= 11 is 5.97. The molecule has 0 saturated heterocycles. The van der Waals surface area contributed by atoms with Gasteiger partial charge in [-0.15, -0.1) is 15.3 Å². The first kappa shape index (κ1) is 15.5. The minimum atomic E-state index is -0.387. The molecule has 6 nitrogen and oxygen atoms in total. The van der Waals surface area contributed by atoms with Crippen LogP contribution in [0, 0.1) is 5.82 Å². The van der Waals surface area contributed by atoms with Crippen molar-refractivity contribution < 1.29 is 8.81 Å². The second-order valence-corrected chi connectivity index (χ2v) is 5.68. The van der Waals surface area contributed by atoms with Crippen LogP contribution in [-0.2, 0) is 6.54 Å². The fourth-order valence-corrected chi connectivity index (χ4v) is 2.59. The second kappa shape index (κ2) is 6.45. The van der Waals surface area contributed by atoms with Crippen molar-refractivity contribution in [2.24, 2.45) is 0 Å². The predicted molar refractivity (Wildman–Crippen MR) is 91.3 cm³/mol.